The minimum atomic E-state index is 0.281. The van der Waals surface area contributed by atoms with E-state index in [-0.39, 0.29) is 6.04 Å². The van der Waals surface area contributed by atoms with Crippen LogP contribution in [0.4, 0.5) is 0 Å². The zero-order chi connectivity index (χ0) is 12.3. The van der Waals surface area contributed by atoms with Crippen LogP contribution in [0.1, 0.15) is 12.0 Å². The number of thiophene rings is 1. The van der Waals surface area contributed by atoms with Crippen molar-refractivity contribution in [2.45, 2.75) is 24.9 Å². The molecule has 3 nitrogen and oxygen atoms in total. The first-order valence-electron chi connectivity index (χ1n) is 6.30. The summed E-state index contributed by atoms with van der Waals surface area (Å²) in [5.74, 6) is 0. The molecule has 1 saturated heterocycles. The average Bonchev–Trinajstić information content (AvgIpc) is 2.76. The van der Waals surface area contributed by atoms with Crippen LogP contribution < -0.4 is 5.73 Å². The monoisotopic (exact) mass is 253 g/mol. The van der Waals surface area contributed by atoms with E-state index in [1.54, 1.807) is 11.3 Å². The van der Waals surface area contributed by atoms with Crippen LogP contribution in [-0.2, 0) is 6.42 Å². The topological polar surface area (TPSA) is 32.5 Å². The van der Waals surface area contributed by atoms with E-state index in [0.29, 0.717) is 6.04 Å². The SMILES string of the molecule is CN1CCN(C)C(CC(N)Cc2ccsc2)C1. The summed E-state index contributed by atoms with van der Waals surface area (Å²) < 4.78 is 0. The Bertz CT molecular complexity index is 325. The van der Waals surface area contributed by atoms with Crippen molar-refractivity contribution in [2.75, 3.05) is 33.7 Å². The first-order valence-corrected chi connectivity index (χ1v) is 7.25. The Morgan fingerprint density at radius 1 is 1.47 bits per heavy atom. The van der Waals surface area contributed by atoms with Gasteiger partial charge in [-0.2, -0.15) is 11.3 Å². The minimum absolute atomic E-state index is 0.281. The van der Waals surface area contributed by atoms with Gasteiger partial charge in [0.25, 0.3) is 0 Å². The second kappa shape index (κ2) is 5.96. The Morgan fingerprint density at radius 3 is 3.00 bits per heavy atom. The molecule has 1 aromatic rings. The third-order valence-electron chi connectivity index (χ3n) is 3.63. The summed E-state index contributed by atoms with van der Waals surface area (Å²) >= 11 is 1.75. The van der Waals surface area contributed by atoms with Crippen LogP contribution >= 0.6 is 11.3 Å². The quantitative estimate of drug-likeness (QED) is 0.877. The van der Waals surface area contributed by atoms with Crippen LogP contribution in [0.2, 0.25) is 0 Å². The van der Waals surface area contributed by atoms with E-state index >= 15 is 0 Å². The molecule has 0 aromatic carbocycles. The minimum Gasteiger partial charge on any atom is -0.327 e. The largest absolute Gasteiger partial charge is 0.327 e. The number of likely N-dealkylation sites (N-methyl/N-ethyl adjacent to an activating group) is 2. The number of nitrogens with zero attached hydrogens (tertiary/aromatic N) is 2. The van der Waals surface area contributed by atoms with E-state index in [9.17, 15) is 0 Å². The van der Waals surface area contributed by atoms with Crippen LogP contribution in [0.3, 0.4) is 0 Å². The summed E-state index contributed by atoms with van der Waals surface area (Å²) in [7, 11) is 4.42. The van der Waals surface area contributed by atoms with Crippen molar-refractivity contribution >= 4 is 11.3 Å². The van der Waals surface area contributed by atoms with Crippen LogP contribution in [0, 0.1) is 0 Å². The van der Waals surface area contributed by atoms with Gasteiger partial charge in [-0.1, -0.05) is 0 Å². The second-order valence-electron chi connectivity index (χ2n) is 5.23. The Hall–Kier alpha value is -0.420. The molecule has 0 bridgehead atoms. The molecule has 0 saturated carbocycles. The van der Waals surface area contributed by atoms with Crippen molar-refractivity contribution in [3.63, 3.8) is 0 Å². The number of piperazine rings is 1. The predicted octanol–water partition coefficient (Wildman–Crippen LogP) is 1.25. The van der Waals surface area contributed by atoms with Gasteiger partial charge in [-0.25, -0.2) is 0 Å². The van der Waals surface area contributed by atoms with Gasteiger partial charge in [0.2, 0.25) is 0 Å². The van der Waals surface area contributed by atoms with Crippen LogP contribution in [0.15, 0.2) is 16.8 Å². The van der Waals surface area contributed by atoms with Gasteiger partial charge in [-0.05, 0) is 49.3 Å². The average molecular weight is 253 g/mol. The molecule has 17 heavy (non-hydrogen) atoms. The molecule has 4 heteroatoms. The van der Waals surface area contributed by atoms with Gasteiger partial charge < -0.3 is 15.5 Å². The lowest BCUT2D eigenvalue weighted by Crippen LogP contribution is -2.51. The summed E-state index contributed by atoms with van der Waals surface area (Å²) in [6.07, 6.45) is 2.11. The molecular formula is C13H23N3S. The normalized spacial score (nSPS) is 25.0. The van der Waals surface area contributed by atoms with E-state index < -0.39 is 0 Å². The van der Waals surface area contributed by atoms with Crippen molar-refractivity contribution in [2.24, 2.45) is 5.73 Å². The first-order chi connectivity index (χ1) is 8.15. The van der Waals surface area contributed by atoms with Crippen LogP contribution in [-0.4, -0.2) is 55.6 Å². The predicted molar refractivity (Wildman–Crippen MR) is 74.5 cm³/mol. The van der Waals surface area contributed by atoms with E-state index in [4.69, 9.17) is 5.73 Å². The van der Waals surface area contributed by atoms with Gasteiger partial charge in [-0.15, -0.1) is 0 Å². The Morgan fingerprint density at radius 2 is 2.29 bits per heavy atom. The zero-order valence-corrected chi connectivity index (χ0v) is 11.6. The maximum absolute atomic E-state index is 6.26. The fraction of sp³-hybridized carbons (Fsp3) is 0.692. The highest BCUT2D eigenvalue weighted by atomic mass is 32.1. The summed E-state index contributed by atoms with van der Waals surface area (Å²) in [4.78, 5) is 4.86. The lowest BCUT2D eigenvalue weighted by molar-refractivity contribution is 0.104. The van der Waals surface area contributed by atoms with Crippen LogP contribution in [0.25, 0.3) is 0 Å². The molecule has 2 heterocycles. The Labute approximate surface area is 108 Å². The molecule has 1 aromatic heterocycles. The van der Waals surface area contributed by atoms with Crippen LogP contribution in [0.5, 0.6) is 0 Å². The highest BCUT2D eigenvalue weighted by molar-refractivity contribution is 7.07. The van der Waals surface area contributed by atoms with Crippen molar-refractivity contribution in [1.29, 1.82) is 0 Å². The van der Waals surface area contributed by atoms with E-state index in [2.05, 4.69) is 40.7 Å². The third-order valence-corrected chi connectivity index (χ3v) is 4.37. The number of hydrogen-bond acceptors (Lipinski definition) is 4. The van der Waals surface area contributed by atoms with Gasteiger partial charge in [-0.3, -0.25) is 0 Å². The summed E-state index contributed by atoms with van der Waals surface area (Å²) in [5.41, 5.74) is 7.65. The molecule has 2 N–H and O–H groups in total. The van der Waals surface area contributed by atoms with E-state index in [1.165, 1.54) is 12.1 Å². The molecule has 2 unspecified atom stereocenters. The lowest BCUT2D eigenvalue weighted by Gasteiger charge is -2.38. The third kappa shape index (κ3) is 3.78. The molecule has 1 aliphatic heterocycles. The highest BCUT2D eigenvalue weighted by Gasteiger charge is 2.23. The van der Waals surface area contributed by atoms with E-state index in [1.807, 2.05) is 0 Å². The fourth-order valence-corrected chi connectivity index (χ4v) is 3.18. The van der Waals surface area contributed by atoms with Gasteiger partial charge in [0, 0.05) is 31.7 Å². The van der Waals surface area contributed by atoms with Crippen molar-refractivity contribution in [3.05, 3.63) is 22.4 Å². The number of nitrogens with two attached hydrogens (primary N) is 1. The summed E-state index contributed by atoms with van der Waals surface area (Å²) in [6, 6.07) is 3.08. The molecule has 96 valence electrons. The molecule has 0 radical (unpaired) electrons. The number of hydrogen-bond donors (Lipinski definition) is 1. The Kier molecular flexibility index (Phi) is 4.56. The van der Waals surface area contributed by atoms with Gasteiger partial charge in [0.15, 0.2) is 0 Å². The van der Waals surface area contributed by atoms with E-state index in [0.717, 1.165) is 25.9 Å². The summed E-state index contributed by atoms with van der Waals surface area (Å²) in [6.45, 7) is 3.48. The standard InChI is InChI=1S/C13H23N3S/c1-15-4-5-16(2)13(9-15)8-12(14)7-11-3-6-17-10-11/h3,6,10,12-13H,4-5,7-9,14H2,1-2H3. The molecule has 2 atom stereocenters. The van der Waals surface area contributed by atoms with Gasteiger partial charge in [0.05, 0.1) is 0 Å². The van der Waals surface area contributed by atoms with Gasteiger partial charge in [0.1, 0.15) is 0 Å². The molecule has 1 fully saturated rings. The first kappa shape index (κ1) is 13.0. The molecule has 2 rings (SSSR count). The maximum atomic E-state index is 6.26. The molecule has 0 aliphatic carbocycles. The maximum Gasteiger partial charge on any atom is 0.0235 e. The van der Waals surface area contributed by atoms with Crippen molar-refractivity contribution < 1.29 is 0 Å². The van der Waals surface area contributed by atoms with Crippen molar-refractivity contribution in [3.8, 4) is 0 Å². The molecule has 0 spiro atoms. The smallest absolute Gasteiger partial charge is 0.0235 e. The van der Waals surface area contributed by atoms with Gasteiger partial charge >= 0.3 is 0 Å². The fourth-order valence-electron chi connectivity index (χ4n) is 2.50. The molecule has 1 aliphatic rings. The summed E-state index contributed by atoms with van der Waals surface area (Å²) in [5, 5.41) is 4.33. The van der Waals surface area contributed by atoms with Crippen molar-refractivity contribution in [1.82, 2.24) is 9.80 Å². The molecular weight excluding hydrogens is 230 g/mol. The highest BCUT2D eigenvalue weighted by Crippen LogP contribution is 2.14. The molecule has 0 amide bonds. The zero-order valence-electron chi connectivity index (χ0n) is 10.8. The Balaban J connectivity index is 1.82. The number of rotatable bonds is 4. The second-order valence-corrected chi connectivity index (χ2v) is 6.01. The lowest BCUT2D eigenvalue weighted by atomic mass is 9.99.